The number of aromatic amines is 3. The van der Waals surface area contributed by atoms with Gasteiger partial charge in [-0.25, -0.2) is 0 Å². The molecule has 4 aromatic heterocycles. The maximum absolute atomic E-state index is 13.7. The van der Waals surface area contributed by atoms with Gasteiger partial charge in [0.05, 0.1) is 32.7 Å². The summed E-state index contributed by atoms with van der Waals surface area (Å²) >= 11 is 0. The Balaban J connectivity index is 1.58. The lowest BCUT2D eigenvalue weighted by molar-refractivity contribution is -0.143. The van der Waals surface area contributed by atoms with Gasteiger partial charge in [-0.2, -0.15) is 0 Å². The van der Waals surface area contributed by atoms with Gasteiger partial charge in [0.15, 0.2) is 0 Å². The number of carboxylic acid groups (broad SMARTS) is 6. The summed E-state index contributed by atoms with van der Waals surface area (Å²) in [4.78, 5) is 98.1. The van der Waals surface area contributed by atoms with Crippen LogP contribution in [0.2, 0.25) is 0 Å². The van der Waals surface area contributed by atoms with Crippen LogP contribution < -0.4 is 26.7 Å². The van der Waals surface area contributed by atoms with Crippen LogP contribution in [0.1, 0.15) is 80.1 Å². The molecule has 4 aromatic rings. The molecule has 73 heavy (non-hydrogen) atoms. The highest BCUT2D eigenvalue weighted by atomic mass is 16.4. The summed E-state index contributed by atoms with van der Waals surface area (Å²) in [6.07, 6.45) is 8.27. The van der Waals surface area contributed by atoms with Crippen LogP contribution in [-0.4, -0.2) is 195 Å². The van der Waals surface area contributed by atoms with E-state index in [1.807, 2.05) is 56.6 Å². The number of aromatic nitrogens is 4. The first-order valence-corrected chi connectivity index (χ1v) is 23.8. The van der Waals surface area contributed by atoms with E-state index in [1.165, 1.54) is 9.80 Å². The van der Waals surface area contributed by atoms with Gasteiger partial charge in [-0.05, 0) is 122 Å². The summed E-state index contributed by atoms with van der Waals surface area (Å²) in [5.74, 6) is -7.54. The van der Waals surface area contributed by atoms with Gasteiger partial charge >= 0.3 is 35.8 Å². The molecule has 0 spiro atoms. The number of H-pyrrole nitrogens is 3. The largest absolute Gasteiger partial charge is 0.481 e. The minimum atomic E-state index is -1.28. The Morgan fingerprint density at radius 3 is 1.41 bits per heavy atom. The Labute approximate surface area is 419 Å². The summed E-state index contributed by atoms with van der Waals surface area (Å²) in [6.45, 7) is 4.41. The maximum atomic E-state index is 13.7. The van der Waals surface area contributed by atoms with Crippen LogP contribution in [-0.2, 0) is 65.8 Å². The van der Waals surface area contributed by atoms with E-state index in [1.54, 1.807) is 0 Å². The van der Waals surface area contributed by atoms with Crippen molar-refractivity contribution in [1.29, 1.82) is 0 Å². The molecule has 396 valence electrons. The number of aliphatic hydroxyl groups is 2. The number of hydrogen-bond acceptors (Lipinski definition) is 12. The van der Waals surface area contributed by atoms with Crippen LogP contribution in [0.4, 0.5) is 0 Å². The van der Waals surface area contributed by atoms with Crippen LogP contribution >= 0.6 is 0 Å². The third kappa shape index (κ3) is 15.4. The quantitative estimate of drug-likeness (QED) is 0.0242. The number of hydrogen-bond donors (Lipinski definition) is 12. The van der Waals surface area contributed by atoms with Crippen molar-refractivity contribution in [2.75, 3.05) is 78.7 Å². The highest BCUT2D eigenvalue weighted by Crippen LogP contribution is 2.26. The Morgan fingerprint density at radius 2 is 0.904 bits per heavy atom. The van der Waals surface area contributed by atoms with Gasteiger partial charge in [0.2, 0.25) is 5.91 Å². The predicted molar refractivity (Wildman–Crippen MR) is 265 cm³/mol. The van der Waals surface area contributed by atoms with Gasteiger partial charge in [0.25, 0.3) is 0 Å². The van der Waals surface area contributed by atoms with Crippen molar-refractivity contribution in [3.05, 3.63) is 88.7 Å². The highest BCUT2D eigenvalue weighted by Gasteiger charge is 2.23. The first-order chi connectivity index (χ1) is 34.6. The fraction of sp³-hybridized carbons (Fsp3) is 0.460. The zero-order valence-corrected chi connectivity index (χ0v) is 41.5. The van der Waals surface area contributed by atoms with E-state index in [4.69, 9.17) is 0 Å². The number of amides is 1. The molecule has 23 heteroatoms. The van der Waals surface area contributed by atoms with Crippen LogP contribution in [0.3, 0.4) is 0 Å². The normalized spacial score (nSPS) is 12.1. The molecule has 0 aliphatic carbocycles. The number of carboxylic acids is 6. The van der Waals surface area contributed by atoms with E-state index < -0.39 is 74.4 Å². The first-order valence-electron chi connectivity index (χ1n) is 23.8. The molecule has 0 saturated carbocycles. The molecule has 0 saturated heterocycles. The molecule has 1 aliphatic heterocycles. The molecule has 0 unspecified atom stereocenters. The predicted octanol–water partition coefficient (Wildman–Crippen LogP) is -2.20. The van der Waals surface area contributed by atoms with E-state index >= 15 is 0 Å². The van der Waals surface area contributed by atoms with Gasteiger partial charge in [0, 0.05) is 109 Å². The van der Waals surface area contributed by atoms with Crippen LogP contribution in [0, 0.1) is 27.7 Å². The lowest BCUT2D eigenvalue weighted by Gasteiger charge is -2.27. The van der Waals surface area contributed by atoms with E-state index in [9.17, 15) is 74.4 Å². The van der Waals surface area contributed by atoms with Crippen molar-refractivity contribution in [3.63, 3.8) is 0 Å². The van der Waals surface area contributed by atoms with Crippen molar-refractivity contribution in [1.82, 2.24) is 39.5 Å². The van der Waals surface area contributed by atoms with E-state index in [0.717, 1.165) is 49.4 Å². The third-order valence-corrected chi connectivity index (χ3v) is 13.0. The van der Waals surface area contributed by atoms with Crippen LogP contribution in [0.15, 0.2) is 0 Å². The Kier molecular flexibility index (Phi) is 20.1. The number of nitrogens with zero attached hydrogens (tertiary/aromatic N) is 4. The number of rotatable bonds is 29. The molecule has 8 bridgehead atoms. The summed E-state index contributed by atoms with van der Waals surface area (Å²) in [5, 5.41) is 83.5. The number of aliphatic carboxylic acids is 6. The van der Waals surface area contributed by atoms with Gasteiger partial charge in [-0.15, -0.1) is 0 Å². The number of aliphatic hydroxyl groups excluding tert-OH is 2. The van der Waals surface area contributed by atoms with Crippen molar-refractivity contribution in [2.24, 2.45) is 0 Å². The Morgan fingerprint density at radius 1 is 0.466 bits per heavy atom. The molecule has 0 atom stereocenters. The number of fused-ring (bicyclic) bond motifs is 8. The summed E-state index contributed by atoms with van der Waals surface area (Å²) < 4.78 is 1.99. The monoisotopic (exact) mass is 1020 g/mol. The van der Waals surface area contributed by atoms with Gasteiger partial charge in [0.1, 0.15) is 0 Å². The Bertz CT molecular complexity index is 2960. The molecule has 1 aliphatic rings. The molecule has 5 rings (SSSR count). The lowest BCUT2D eigenvalue weighted by atomic mass is 10.0. The molecule has 0 fully saturated rings. The second-order valence-corrected chi connectivity index (χ2v) is 18.1. The standard InChI is InChI=1S/C50H66N8O15/c1-28-32(5-7-45(62)63)40-20-41-33(6-8-46(64)65)29(2)37(53-41)21-42-31(4)35(10-18-60)43(22-38-30(3)34(9-17-59)39(54-38)19-36(28)52-40)58(42)12-11-51-44(61)23-56(25-48(68)69)15-13-55(24-47(66)67)14-16-57(26-49(70)71)27-50(72)73/h19-22,52-54,59-60H,5-18,23-27H2,1-4H3,(H,51,61)(H,62,63)(H,64,65)(H,66,67)(H,68,69)(H,70,71)(H,72,73). The average molecular weight is 1020 g/mol. The zero-order chi connectivity index (χ0) is 53.7. The molecule has 1 amide bonds. The maximum Gasteiger partial charge on any atom is 0.317 e. The molecule has 5 heterocycles. The van der Waals surface area contributed by atoms with Crippen molar-refractivity contribution < 1.29 is 74.4 Å². The highest BCUT2D eigenvalue weighted by molar-refractivity contribution is 5.79. The minimum Gasteiger partial charge on any atom is -0.481 e. The number of nitrogens with one attached hydrogen (secondary N) is 4. The van der Waals surface area contributed by atoms with Crippen LogP contribution in [0.25, 0.3) is 24.3 Å². The second kappa shape index (κ2) is 25.9. The topological polar surface area (TPSA) is 355 Å². The second-order valence-electron chi connectivity index (χ2n) is 18.1. The van der Waals surface area contributed by atoms with Gasteiger partial charge in [-0.3, -0.25) is 48.3 Å². The van der Waals surface area contributed by atoms with Crippen molar-refractivity contribution in [3.8, 4) is 0 Å². The van der Waals surface area contributed by atoms with E-state index in [-0.39, 0.29) is 84.6 Å². The number of carbonyl (C=O) groups excluding carboxylic acids is 1. The molecule has 12 N–H and O–H groups in total. The summed E-state index contributed by atoms with van der Waals surface area (Å²) in [5.41, 5.74) is 9.09. The van der Waals surface area contributed by atoms with Gasteiger partial charge < -0.3 is 65.7 Å². The summed E-state index contributed by atoms with van der Waals surface area (Å²) in [7, 11) is 0. The lowest BCUT2D eigenvalue weighted by Crippen LogP contribution is -2.46. The molecule has 23 nitrogen and oxygen atoms in total. The average Bonchev–Trinajstić information content (AvgIpc) is 3.94. The van der Waals surface area contributed by atoms with Gasteiger partial charge in [-0.1, -0.05) is 0 Å². The fourth-order valence-corrected chi connectivity index (χ4v) is 9.40. The smallest absolute Gasteiger partial charge is 0.317 e. The Hall–Kier alpha value is -7.31. The minimum absolute atomic E-state index is 0.0275. The number of carbonyl (C=O) groups is 7. The third-order valence-electron chi connectivity index (χ3n) is 13.0. The molecular weight excluding hydrogens is 953 g/mol. The summed E-state index contributed by atoms with van der Waals surface area (Å²) in [6, 6.07) is 0. The fourth-order valence-electron chi connectivity index (χ4n) is 9.40. The van der Waals surface area contributed by atoms with E-state index in [0.29, 0.717) is 50.6 Å². The molecule has 0 aromatic carbocycles. The van der Waals surface area contributed by atoms with Crippen molar-refractivity contribution >= 4 is 66.0 Å². The van der Waals surface area contributed by atoms with Crippen LogP contribution in [0.5, 0.6) is 0 Å². The van der Waals surface area contributed by atoms with Crippen molar-refractivity contribution in [2.45, 2.75) is 72.8 Å². The SMILES string of the molecule is Cc1c2[nH]c(c1CCC(=O)O)C=c1[nH]c(c(C)c1CCC(=O)O)=Cc1c(C)c(CCO)c(n1CCNC(=O)CN(CCN(CCN(CC(=O)O)CC(=O)O)CC(=O)O)CC(=O)O)C=c1[nH]c(c(CCO)c1C)=C2. The first kappa shape index (κ1) is 56.6. The zero-order valence-electron chi connectivity index (χ0n) is 41.5. The molecule has 0 radical (unpaired) electrons. The molecular formula is C50H66N8O15. The van der Waals surface area contributed by atoms with E-state index in [2.05, 4.69) is 20.3 Å².